The zero-order chi connectivity index (χ0) is 12.8. The minimum atomic E-state index is 0.251. The van der Waals surface area contributed by atoms with Crippen molar-refractivity contribution in [1.29, 1.82) is 0 Å². The molecule has 2 heterocycles. The summed E-state index contributed by atoms with van der Waals surface area (Å²) in [4.78, 5) is 14.3. The van der Waals surface area contributed by atoms with E-state index in [2.05, 4.69) is 12.2 Å². The summed E-state index contributed by atoms with van der Waals surface area (Å²) in [5.74, 6) is 1.14. The highest BCUT2D eigenvalue weighted by atomic mass is 16.3. The van der Waals surface area contributed by atoms with Crippen molar-refractivity contribution in [3.8, 4) is 0 Å². The van der Waals surface area contributed by atoms with Gasteiger partial charge >= 0.3 is 0 Å². The van der Waals surface area contributed by atoms with E-state index >= 15 is 0 Å². The van der Waals surface area contributed by atoms with Gasteiger partial charge in [-0.1, -0.05) is 0 Å². The average Bonchev–Trinajstić information content (AvgIpc) is 2.92. The van der Waals surface area contributed by atoms with Crippen LogP contribution in [0.2, 0.25) is 0 Å². The van der Waals surface area contributed by atoms with E-state index in [0.717, 1.165) is 38.2 Å². The van der Waals surface area contributed by atoms with Crippen LogP contribution in [0.5, 0.6) is 0 Å². The molecular weight excluding hydrogens is 228 g/mol. The number of hydrogen-bond donors (Lipinski definition) is 1. The molecule has 0 spiro atoms. The van der Waals surface area contributed by atoms with Crippen LogP contribution >= 0.6 is 0 Å². The predicted octanol–water partition coefficient (Wildman–Crippen LogP) is 1.81. The second-order valence-electron chi connectivity index (χ2n) is 4.74. The van der Waals surface area contributed by atoms with E-state index in [0.29, 0.717) is 18.9 Å². The molecule has 1 amide bonds. The molecule has 0 atom stereocenters. The molecule has 1 aromatic heterocycles. The molecular formula is C14H22N2O2. The van der Waals surface area contributed by atoms with Gasteiger partial charge in [-0.15, -0.1) is 0 Å². The third-order valence-electron chi connectivity index (χ3n) is 3.58. The van der Waals surface area contributed by atoms with E-state index in [1.165, 1.54) is 0 Å². The molecule has 0 aliphatic carbocycles. The fraction of sp³-hybridized carbons (Fsp3) is 0.643. The molecule has 0 radical (unpaired) electrons. The SMILES string of the molecule is CCN(C(=O)CCc1ccco1)C1CCNCC1. The van der Waals surface area contributed by atoms with Gasteiger partial charge in [0.05, 0.1) is 6.26 Å². The first-order chi connectivity index (χ1) is 8.81. The minimum Gasteiger partial charge on any atom is -0.469 e. The standard InChI is InChI=1S/C14H22N2O2/c1-2-16(12-7-9-15-10-8-12)14(17)6-5-13-4-3-11-18-13/h3-4,11-12,15H,2,5-10H2,1H3. The summed E-state index contributed by atoms with van der Waals surface area (Å²) in [6.45, 7) is 4.91. The first-order valence-electron chi connectivity index (χ1n) is 6.84. The Balaban J connectivity index is 1.84. The molecule has 100 valence electrons. The number of carbonyl (C=O) groups excluding carboxylic acids is 1. The molecule has 1 saturated heterocycles. The summed E-state index contributed by atoms with van der Waals surface area (Å²) in [7, 11) is 0. The minimum absolute atomic E-state index is 0.251. The van der Waals surface area contributed by atoms with Crippen LogP contribution in [0.25, 0.3) is 0 Å². The van der Waals surface area contributed by atoms with E-state index in [4.69, 9.17) is 4.42 Å². The van der Waals surface area contributed by atoms with Gasteiger partial charge in [-0.25, -0.2) is 0 Å². The summed E-state index contributed by atoms with van der Waals surface area (Å²) >= 11 is 0. The van der Waals surface area contributed by atoms with Gasteiger partial charge in [0, 0.05) is 25.4 Å². The number of nitrogens with zero attached hydrogens (tertiary/aromatic N) is 1. The second-order valence-corrected chi connectivity index (χ2v) is 4.74. The Hall–Kier alpha value is -1.29. The smallest absolute Gasteiger partial charge is 0.223 e. The lowest BCUT2D eigenvalue weighted by molar-refractivity contribution is -0.133. The molecule has 4 nitrogen and oxygen atoms in total. The Morgan fingerprint density at radius 2 is 2.28 bits per heavy atom. The molecule has 1 aliphatic rings. The summed E-state index contributed by atoms with van der Waals surface area (Å²) in [6, 6.07) is 4.21. The first kappa shape index (κ1) is 13.1. The molecule has 2 rings (SSSR count). The highest BCUT2D eigenvalue weighted by Gasteiger charge is 2.23. The van der Waals surface area contributed by atoms with Crippen LogP contribution in [0.4, 0.5) is 0 Å². The number of hydrogen-bond acceptors (Lipinski definition) is 3. The van der Waals surface area contributed by atoms with Crippen molar-refractivity contribution < 1.29 is 9.21 Å². The maximum absolute atomic E-state index is 12.2. The van der Waals surface area contributed by atoms with Gasteiger partial charge in [-0.05, 0) is 45.0 Å². The van der Waals surface area contributed by atoms with Crippen molar-refractivity contribution in [3.05, 3.63) is 24.2 Å². The molecule has 0 aromatic carbocycles. The lowest BCUT2D eigenvalue weighted by Gasteiger charge is -2.34. The van der Waals surface area contributed by atoms with E-state index in [9.17, 15) is 4.79 Å². The normalized spacial score (nSPS) is 16.7. The van der Waals surface area contributed by atoms with Gasteiger partial charge < -0.3 is 14.6 Å². The Morgan fingerprint density at radius 1 is 1.50 bits per heavy atom. The van der Waals surface area contributed by atoms with Crippen LogP contribution in [0.15, 0.2) is 22.8 Å². The molecule has 1 aromatic rings. The first-order valence-corrected chi connectivity index (χ1v) is 6.84. The fourth-order valence-corrected chi connectivity index (χ4v) is 2.59. The maximum Gasteiger partial charge on any atom is 0.223 e. The molecule has 0 bridgehead atoms. The third kappa shape index (κ3) is 3.35. The van der Waals surface area contributed by atoms with Gasteiger partial charge in [0.15, 0.2) is 0 Å². The van der Waals surface area contributed by atoms with Crippen LogP contribution in [-0.2, 0) is 11.2 Å². The summed E-state index contributed by atoms with van der Waals surface area (Å²) in [5, 5.41) is 3.33. The van der Waals surface area contributed by atoms with E-state index in [1.54, 1.807) is 6.26 Å². The Morgan fingerprint density at radius 3 is 2.89 bits per heavy atom. The summed E-state index contributed by atoms with van der Waals surface area (Å²) < 4.78 is 5.26. The van der Waals surface area contributed by atoms with Crippen molar-refractivity contribution in [2.75, 3.05) is 19.6 Å². The molecule has 1 aliphatic heterocycles. The van der Waals surface area contributed by atoms with Crippen LogP contribution in [-0.4, -0.2) is 36.5 Å². The number of piperidine rings is 1. The number of furan rings is 1. The highest BCUT2D eigenvalue weighted by molar-refractivity contribution is 5.76. The van der Waals surface area contributed by atoms with Crippen molar-refractivity contribution in [1.82, 2.24) is 10.2 Å². The molecule has 0 saturated carbocycles. The topological polar surface area (TPSA) is 45.5 Å². The Bertz CT molecular complexity index is 356. The average molecular weight is 250 g/mol. The number of nitrogens with one attached hydrogen (secondary N) is 1. The van der Waals surface area contributed by atoms with Gasteiger partial charge in [0.1, 0.15) is 5.76 Å². The van der Waals surface area contributed by atoms with Gasteiger partial charge in [-0.2, -0.15) is 0 Å². The van der Waals surface area contributed by atoms with E-state index in [-0.39, 0.29) is 5.91 Å². The molecule has 18 heavy (non-hydrogen) atoms. The van der Waals surface area contributed by atoms with Crippen molar-refractivity contribution >= 4 is 5.91 Å². The third-order valence-corrected chi connectivity index (χ3v) is 3.58. The van der Waals surface area contributed by atoms with Crippen molar-refractivity contribution in [3.63, 3.8) is 0 Å². The largest absolute Gasteiger partial charge is 0.469 e. The highest BCUT2D eigenvalue weighted by Crippen LogP contribution is 2.14. The van der Waals surface area contributed by atoms with Crippen LogP contribution in [0.1, 0.15) is 31.9 Å². The molecule has 0 unspecified atom stereocenters. The summed E-state index contributed by atoms with van der Waals surface area (Å²) in [5.41, 5.74) is 0. The van der Waals surface area contributed by atoms with E-state index in [1.807, 2.05) is 17.0 Å². The van der Waals surface area contributed by atoms with Crippen LogP contribution in [0.3, 0.4) is 0 Å². The van der Waals surface area contributed by atoms with Crippen LogP contribution < -0.4 is 5.32 Å². The molecule has 1 N–H and O–H groups in total. The number of amides is 1. The van der Waals surface area contributed by atoms with Gasteiger partial charge in [0.25, 0.3) is 0 Å². The number of rotatable bonds is 5. The Kier molecular flexibility index (Phi) is 4.81. The lowest BCUT2D eigenvalue weighted by atomic mass is 10.0. The van der Waals surface area contributed by atoms with E-state index < -0.39 is 0 Å². The molecule has 1 fully saturated rings. The van der Waals surface area contributed by atoms with Crippen molar-refractivity contribution in [2.45, 2.75) is 38.6 Å². The quantitative estimate of drug-likeness (QED) is 0.867. The molecule has 4 heteroatoms. The van der Waals surface area contributed by atoms with Gasteiger partial charge in [0.2, 0.25) is 5.91 Å². The fourth-order valence-electron chi connectivity index (χ4n) is 2.59. The second kappa shape index (κ2) is 6.59. The number of carbonyl (C=O) groups is 1. The lowest BCUT2D eigenvalue weighted by Crippen LogP contribution is -2.46. The Labute approximate surface area is 108 Å². The van der Waals surface area contributed by atoms with Crippen LogP contribution in [0, 0.1) is 0 Å². The monoisotopic (exact) mass is 250 g/mol. The zero-order valence-electron chi connectivity index (χ0n) is 11.0. The van der Waals surface area contributed by atoms with Gasteiger partial charge in [-0.3, -0.25) is 4.79 Å². The number of aryl methyl sites for hydroxylation is 1. The predicted molar refractivity (Wildman–Crippen MR) is 70.3 cm³/mol. The zero-order valence-corrected chi connectivity index (χ0v) is 11.0. The maximum atomic E-state index is 12.2. The summed E-state index contributed by atoms with van der Waals surface area (Å²) in [6.07, 6.45) is 5.05. The van der Waals surface area contributed by atoms with Crippen molar-refractivity contribution in [2.24, 2.45) is 0 Å².